The van der Waals surface area contributed by atoms with Crippen molar-refractivity contribution in [2.75, 3.05) is 18.5 Å². The minimum atomic E-state index is 0.0740. The number of alkyl halides is 1. The third-order valence-electron chi connectivity index (χ3n) is 3.70. The number of hydrogen-bond acceptors (Lipinski definition) is 3. The first-order valence-corrected chi connectivity index (χ1v) is 7.26. The first kappa shape index (κ1) is 12.9. The Balaban J connectivity index is 1.77. The Labute approximate surface area is 117 Å². The Morgan fingerprint density at radius 1 is 1.42 bits per heavy atom. The minimum absolute atomic E-state index is 0.0740. The maximum atomic E-state index is 11.7. The predicted molar refractivity (Wildman–Crippen MR) is 73.3 cm³/mol. The van der Waals surface area contributed by atoms with Crippen molar-refractivity contribution < 1.29 is 9.53 Å². The van der Waals surface area contributed by atoms with Crippen LogP contribution in [0.25, 0.3) is 0 Å². The van der Waals surface area contributed by atoms with E-state index in [1.165, 1.54) is 0 Å². The summed E-state index contributed by atoms with van der Waals surface area (Å²) < 4.78 is 5.40. The first-order valence-electron chi connectivity index (χ1n) is 6.72. The summed E-state index contributed by atoms with van der Waals surface area (Å²) in [5.74, 6) is 1.61. The molecule has 1 unspecified atom stereocenters. The van der Waals surface area contributed by atoms with Gasteiger partial charge in [-0.15, -0.1) is 11.6 Å². The van der Waals surface area contributed by atoms with E-state index in [4.69, 9.17) is 16.3 Å². The fourth-order valence-corrected chi connectivity index (χ4v) is 2.63. The highest BCUT2D eigenvalue weighted by Gasteiger charge is 2.30. The van der Waals surface area contributed by atoms with E-state index in [1.807, 2.05) is 12.1 Å². The summed E-state index contributed by atoms with van der Waals surface area (Å²) in [5, 5.41) is 2.86. The van der Waals surface area contributed by atoms with Crippen LogP contribution in [0.5, 0.6) is 0 Å². The smallest absolute Gasteiger partial charge is 0.228 e. The van der Waals surface area contributed by atoms with E-state index in [0.717, 1.165) is 43.7 Å². The SMILES string of the molecule is O=C(Nc1ccc(C2CCOC2)c(CCl)n1)C1CC1. The molecule has 1 aliphatic heterocycles. The molecular formula is C14H17ClN2O2. The average Bonchev–Trinajstić information content (AvgIpc) is 3.15. The lowest BCUT2D eigenvalue weighted by atomic mass is 9.97. The van der Waals surface area contributed by atoms with E-state index in [2.05, 4.69) is 10.3 Å². The molecule has 1 aliphatic carbocycles. The molecule has 1 aromatic rings. The highest BCUT2D eigenvalue weighted by molar-refractivity contribution is 6.17. The number of ether oxygens (including phenoxy) is 1. The number of nitrogens with one attached hydrogen (secondary N) is 1. The molecule has 1 N–H and O–H groups in total. The van der Waals surface area contributed by atoms with Crippen LogP contribution in [0.4, 0.5) is 5.82 Å². The van der Waals surface area contributed by atoms with Gasteiger partial charge in [0, 0.05) is 18.4 Å². The second kappa shape index (κ2) is 5.47. The molecule has 0 bridgehead atoms. The molecule has 2 aliphatic rings. The zero-order chi connectivity index (χ0) is 13.2. The lowest BCUT2D eigenvalue weighted by Gasteiger charge is -2.13. The van der Waals surface area contributed by atoms with Gasteiger partial charge in [0.1, 0.15) is 5.82 Å². The molecule has 3 rings (SSSR count). The average molecular weight is 281 g/mol. The van der Waals surface area contributed by atoms with Gasteiger partial charge in [-0.3, -0.25) is 4.79 Å². The Morgan fingerprint density at radius 2 is 2.26 bits per heavy atom. The van der Waals surface area contributed by atoms with Crippen molar-refractivity contribution in [3.8, 4) is 0 Å². The van der Waals surface area contributed by atoms with Gasteiger partial charge in [0.05, 0.1) is 18.2 Å². The number of halogens is 1. The number of carbonyl (C=O) groups is 1. The van der Waals surface area contributed by atoms with Gasteiger partial charge < -0.3 is 10.1 Å². The van der Waals surface area contributed by atoms with Crippen LogP contribution in [0.15, 0.2) is 12.1 Å². The van der Waals surface area contributed by atoms with Crippen LogP contribution in [0, 0.1) is 5.92 Å². The Morgan fingerprint density at radius 3 is 2.89 bits per heavy atom. The van der Waals surface area contributed by atoms with Crippen LogP contribution in [-0.4, -0.2) is 24.1 Å². The second-order valence-corrected chi connectivity index (χ2v) is 5.46. The van der Waals surface area contributed by atoms with Crippen LogP contribution in [0.2, 0.25) is 0 Å². The summed E-state index contributed by atoms with van der Waals surface area (Å²) >= 11 is 5.98. The summed E-state index contributed by atoms with van der Waals surface area (Å²) in [7, 11) is 0. The zero-order valence-corrected chi connectivity index (χ0v) is 11.4. The number of aromatic nitrogens is 1. The van der Waals surface area contributed by atoms with E-state index in [9.17, 15) is 4.79 Å². The van der Waals surface area contributed by atoms with E-state index >= 15 is 0 Å². The summed E-state index contributed by atoms with van der Waals surface area (Å²) in [4.78, 5) is 16.2. The van der Waals surface area contributed by atoms with Gasteiger partial charge in [-0.2, -0.15) is 0 Å². The van der Waals surface area contributed by atoms with Crippen LogP contribution in [0.1, 0.15) is 36.4 Å². The van der Waals surface area contributed by atoms with Gasteiger partial charge in [0.15, 0.2) is 0 Å². The van der Waals surface area contributed by atoms with Crippen LogP contribution in [-0.2, 0) is 15.4 Å². The van der Waals surface area contributed by atoms with Gasteiger partial charge in [-0.1, -0.05) is 6.07 Å². The van der Waals surface area contributed by atoms with E-state index in [1.54, 1.807) is 0 Å². The largest absolute Gasteiger partial charge is 0.381 e. The molecule has 0 radical (unpaired) electrons. The topological polar surface area (TPSA) is 51.2 Å². The Kier molecular flexibility index (Phi) is 3.71. The highest BCUT2D eigenvalue weighted by atomic mass is 35.5. The van der Waals surface area contributed by atoms with Crippen LogP contribution >= 0.6 is 11.6 Å². The third kappa shape index (κ3) is 2.90. The number of rotatable bonds is 4. The molecule has 5 heteroatoms. The van der Waals surface area contributed by atoms with E-state index in [-0.39, 0.29) is 11.8 Å². The van der Waals surface area contributed by atoms with Gasteiger partial charge in [-0.25, -0.2) is 4.98 Å². The van der Waals surface area contributed by atoms with Crippen molar-refractivity contribution in [1.29, 1.82) is 0 Å². The molecule has 1 amide bonds. The molecular weight excluding hydrogens is 264 g/mol. The fraction of sp³-hybridized carbons (Fsp3) is 0.571. The van der Waals surface area contributed by atoms with E-state index in [0.29, 0.717) is 17.6 Å². The number of hydrogen-bond donors (Lipinski definition) is 1. The lowest BCUT2D eigenvalue weighted by Crippen LogP contribution is -2.15. The summed E-state index contributed by atoms with van der Waals surface area (Å²) in [6.07, 6.45) is 3.00. The standard InChI is InChI=1S/C14H17ClN2O2/c15-7-12-11(10-5-6-19-8-10)3-4-13(16-12)17-14(18)9-1-2-9/h3-4,9-10H,1-2,5-8H2,(H,16,17,18). The summed E-state index contributed by atoms with van der Waals surface area (Å²) in [5.41, 5.74) is 2.00. The number of pyridine rings is 1. The molecule has 2 heterocycles. The van der Waals surface area contributed by atoms with E-state index < -0.39 is 0 Å². The summed E-state index contributed by atoms with van der Waals surface area (Å²) in [6.45, 7) is 1.53. The van der Waals surface area contributed by atoms with Crippen molar-refractivity contribution in [2.45, 2.75) is 31.1 Å². The van der Waals surface area contributed by atoms with Gasteiger partial charge in [0.25, 0.3) is 0 Å². The molecule has 19 heavy (non-hydrogen) atoms. The first-order chi connectivity index (χ1) is 9.28. The Hall–Kier alpha value is -1.13. The molecule has 4 nitrogen and oxygen atoms in total. The van der Waals surface area contributed by atoms with Gasteiger partial charge in [0.2, 0.25) is 5.91 Å². The second-order valence-electron chi connectivity index (χ2n) is 5.19. The van der Waals surface area contributed by atoms with Crippen LogP contribution in [0.3, 0.4) is 0 Å². The fourth-order valence-electron chi connectivity index (χ4n) is 2.41. The number of amides is 1. The predicted octanol–water partition coefficient (Wildman–Crippen LogP) is 2.67. The Bertz CT molecular complexity index is 482. The molecule has 1 aromatic heterocycles. The highest BCUT2D eigenvalue weighted by Crippen LogP contribution is 2.31. The van der Waals surface area contributed by atoms with Crippen molar-refractivity contribution in [3.63, 3.8) is 0 Å². The van der Waals surface area contributed by atoms with Crippen molar-refractivity contribution >= 4 is 23.3 Å². The number of nitrogens with zero attached hydrogens (tertiary/aromatic N) is 1. The van der Waals surface area contributed by atoms with Gasteiger partial charge >= 0.3 is 0 Å². The zero-order valence-electron chi connectivity index (χ0n) is 10.7. The molecule has 0 spiro atoms. The minimum Gasteiger partial charge on any atom is -0.381 e. The maximum Gasteiger partial charge on any atom is 0.228 e. The number of carbonyl (C=O) groups excluding carboxylic acids is 1. The third-order valence-corrected chi connectivity index (χ3v) is 3.96. The quantitative estimate of drug-likeness (QED) is 0.863. The van der Waals surface area contributed by atoms with Crippen molar-refractivity contribution in [3.05, 3.63) is 23.4 Å². The molecule has 1 atom stereocenters. The normalized spacial score (nSPS) is 22.5. The van der Waals surface area contributed by atoms with Crippen LogP contribution < -0.4 is 5.32 Å². The van der Waals surface area contributed by atoms with Gasteiger partial charge in [-0.05, 0) is 30.9 Å². The van der Waals surface area contributed by atoms with Crippen molar-refractivity contribution in [1.82, 2.24) is 4.98 Å². The molecule has 102 valence electrons. The molecule has 0 aromatic carbocycles. The molecule has 1 saturated heterocycles. The van der Waals surface area contributed by atoms with Crippen molar-refractivity contribution in [2.24, 2.45) is 5.92 Å². The monoisotopic (exact) mass is 280 g/mol. The lowest BCUT2D eigenvalue weighted by molar-refractivity contribution is -0.117. The number of anilines is 1. The molecule has 1 saturated carbocycles. The summed E-state index contributed by atoms with van der Waals surface area (Å²) in [6, 6.07) is 3.89. The molecule has 2 fully saturated rings. The maximum absolute atomic E-state index is 11.7.